The van der Waals surface area contributed by atoms with Crippen molar-refractivity contribution in [3.8, 4) is 11.1 Å². The SMILES string of the molecule is O=C(NCc1ccncc1)c1ccccc1-c1ccncc1. The van der Waals surface area contributed by atoms with Crippen molar-refractivity contribution >= 4 is 5.91 Å². The van der Waals surface area contributed by atoms with Crippen molar-refractivity contribution in [1.29, 1.82) is 0 Å². The number of benzene rings is 1. The Morgan fingerprint density at radius 1 is 0.864 bits per heavy atom. The van der Waals surface area contributed by atoms with E-state index in [0.29, 0.717) is 12.1 Å². The molecule has 0 atom stereocenters. The number of rotatable bonds is 4. The summed E-state index contributed by atoms with van der Waals surface area (Å²) in [6.45, 7) is 0.478. The lowest BCUT2D eigenvalue weighted by molar-refractivity contribution is 0.0951. The number of carbonyl (C=O) groups is 1. The lowest BCUT2D eigenvalue weighted by Crippen LogP contribution is -2.23. The maximum absolute atomic E-state index is 12.5. The van der Waals surface area contributed by atoms with Gasteiger partial charge in [0, 0.05) is 36.9 Å². The Morgan fingerprint density at radius 3 is 2.23 bits per heavy atom. The summed E-state index contributed by atoms with van der Waals surface area (Å²) >= 11 is 0. The summed E-state index contributed by atoms with van der Waals surface area (Å²) in [7, 11) is 0. The Morgan fingerprint density at radius 2 is 1.50 bits per heavy atom. The predicted molar refractivity (Wildman–Crippen MR) is 85.1 cm³/mol. The lowest BCUT2D eigenvalue weighted by Gasteiger charge is -2.10. The van der Waals surface area contributed by atoms with E-state index in [4.69, 9.17) is 0 Å². The molecule has 0 bridgehead atoms. The second-order valence-corrected chi connectivity index (χ2v) is 4.82. The van der Waals surface area contributed by atoms with Crippen molar-refractivity contribution in [2.24, 2.45) is 0 Å². The van der Waals surface area contributed by atoms with E-state index in [-0.39, 0.29) is 5.91 Å². The number of hydrogen-bond acceptors (Lipinski definition) is 3. The zero-order valence-corrected chi connectivity index (χ0v) is 11.9. The van der Waals surface area contributed by atoms with Crippen LogP contribution in [0.25, 0.3) is 11.1 Å². The van der Waals surface area contributed by atoms with Crippen molar-refractivity contribution in [2.45, 2.75) is 6.54 Å². The van der Waals surface area contributed by atoms with Crippen LogP contribution < -0.4 is 5.32 Å². The smallest absolute Gasteiger partial charge is 0.252 e. The Balaban J connectivity index is 1.81. The number of nitrogens with one attached hydrogen (secondary N) is 1. The van der Waals surface area contributed by atoms with Crippen LogP contribution in [0.3, 0.4) is 0 Å². The molecule has 0 unspecified atom stereocenters. The van der Waals surface area contributed by atoms with Gasteiger partial charge >= 0.3 is 0 Å². The van der Waals surface area contributed by atoms with Gasteiger partial charge in [-0.3, -0.25) is 14.8 Å². The van der Waals surface area contributed by atoms with E-state index in [2.05, 4.69) is 15.3 Å². The first-order valence-electron chi connectivity index (χ1n) is 7.01. The minimum absolute atomic E-state index is 0.0933. The lowest BCUT2D eigenvalue weighted by atomic mass is 10.00. The summed E-state index contributed by atoms with van der Waals surface area (Å²) in [6.07, 6.45) is 6.88. The molecule has 0 fully saturated rings. The average molecular weight is 289 g/mol. The average Bonchev–Trinajstić information content (AvgIpc) is 2.61. The fraction of sp³-hybridized carbons (Fsp3) is 0.0556. The second-order valence-electron chi connectivity index (χ2n) is 4.82. The highest BCUT2D eigenvalue weighted by molar-refractivity contribution is 6.00. The van der Waals surface area contributed by atoms with Crippen LogP contribution in [0.4, 0.5) is 0 Å². The molecule has 0 spiro atoms. The summed E-state index contributed by atoms with van der Waals surface area (Å²) in [5.41, 5.74) is 3.55. The van der Waals surface area contributed by atoms with Gasteiger partial charge in [-0.1, -0.05) is 18.2 Å². The number of nitrogens with zero attached hydrogens (tertiary/aromatic N) is 2. The van der Waals surface area contributed by atoms with Crippen LogP contribution in [-0.4, -0.2) is 15.9 Å². The van der Waals surface area contributed by atoms with Crippen molar-refractivity contribution < 1.29 is 4.79 Å². The molecule has 108 valence electrons. The molecule has 1 aromatic carbocycles. The first-order valence-corrected chi connectivity index (χ1v) is 7.01. The van der Waals surface area contributed by atoms with Gasteiger partial charge in [0.05, 0.1) is 0 Å². The molecular weight excluding hydrogens is 274 g/mol. The molecule has 0 aliphatic heterocycles. The highest BCUT2D eigenvalue weighted by atomic mass is 16.1. The van der Waals surface area contributed by atoms with E-state index in [1.807, 2.05) is 48.5 Å². The molecule has 0 radical (unpaired) electrons. The Bertz CT molecular complexity index is 758. The first-order chi connectivity index (χ1) is 10.8. The molecule has 2 aromatic heterocycles. The molecule has 0 saturated heterocycles. The van der Waals surface area contributed by atoms with Gasteiger partial charge in [0.1, 0.15) is 0 Å². The molecule has 0 aliphatic rings. The fourth-order valence-corrected chi connectivity index (χ4v) is 2.24. The summed E-state index contributed by atoms with van der Waals surface area (Å²) in [5, 5.41) is 2.94. The van der Waals surface area contributed by atoms with E-state index in [9.17, 15) is 4.79 Å². The largest absolute Gasteiger partial charge is 0.348 e. The van der Waals surface area contributed by atoms with Gasteiger partial charge < -0.3 is 5.32 Å². The van der Waals surface area contributed by atoms with Crippen LogP contribution in [0.2, 0.25) is 0 Å². The number of amides is 1. The fourth-order valence-electron chi connectivity index (χ4n) is 2.24. The molecule has 3 aromatic rings. The maximum Gasteiger partial charge on any atom is 0.252 e. The summed E-state index contributed by atoms with van der Waals surface area (Å²) < 4.78 is 0. The highest BCUT2D eigenvalue weighted by Gasteiger charge is 2.11. The van der Waals surface area contributed by atoms with E-state index >= 15 is 0 Å². The van der Waals surface area contributed by atoms with Gasteiger partial charge in [-0.05, 0) is 47.0 Å². The topological polar surface area (TPSA) is 54.9 Å². The zero-order valence-electron chi connectivity index (χ0n) is 11.9. The standard InChI is InChI=1S/C18H15N3O/c22-18(21-13-14-5-9-19-10-6-14)17-4-2-1-3-16(17)15-7-11-20-12-8-15/h1-12H,13H2,(H,21,22). The summed E-state index contributed by atoms with van der Waals surface area (Å²) in [4.78, 5) is 20.5. The van der Waals surface area contributed by atoms with E-state index < -0.39 is 0 Å². The second kappa shape index (κ2) is 6.63. The monoisotopic (exact) mass is 289 g/mol. The van der Waals surface area contributed by atoms with Gasteiger partial charge in [-0.15, -0.1) is 0 Å². The molecule has 3 rings (SSSR count). The third kappa shape index (κ3) is 3.17. The van der Waals surface area contributed by atoms with Gasteiger partial charge in [-0.25, -0.2) is 0 Å². The summed E-state index contributed by atoms with van der Waals surface area (Å²) in [5.74, 6) is -0.0933. The van der Waals surface area contributed by atoms with Crippen LogP contribution >= 0.6 is 0 Å². The molecule has 4 heteroatoms. The number of hydrogen-bond donors (Lipinski definition) is 1. The van der Waals surface area contributed by atoms with Crippen LogP contribution in [0.1, 0.15) is 15.9 Å². The third-order valence-corrected chi connectivity index (χ3v) is 3.37. The minimum Gasteiger partial charge on any atom is -0.348 e. The molecule has 0 saturated carbocycles. The van der Waals surface area contributed by atoms with Crippen molar-refractivity contribution in [3.63, 3.8) is 0 Å². The van der Waals surface area contributed by atoms with E-state index in [0.717, 1.165) is 16.7 Å². The maximum atomic E-state index is 12.5. The van der Waals surface area contributed by atoms with Gasteiger partial charge in [0.15, 0.2) is 0 Å². The van der Waals surface area contributed by atoms with E-state index in [1.165, 1.54) is 0 Å². The van der Waals surface area contributed by atoms with Gasteiger partial charge in [0.2, 0.25) is 0 Å². The zero-order chi connectivity index (χ0) is 15.2. The van der Waals surface area contributed by atoms with Crippen molar-refractivity contribution in [1.82, 2.24) is 15.3 Å². The van der Waals surface area contributed by atoms with Gasteiger partial charge in [-0.2, -0.15) is 0 Å². The molecule has 0 aliphatic carbocycles. The van der Waals surface area contributed by atoms with Crippen LogP contribution in [0.5, 0.6) is 0 Å². The quantitative estimate of drug-likeness (QED) is 0.803. The van der Waals surface area contributed by atoms with Crippen LogP contribution in [0.15, 0.2) is 73.3 Å². The minimum atomic E-state index is -0.0933. The predicted octanol–water partition coefficient (Wildman–Crippen LogP) is 3.07. The molecular formula is C18H15N3O. The Kier molecular flexibility index (Phi) is 4.20. The third-order valence-electron chi connectivity index (χ3n) is 3.37. The summed E-state index contributed by atoms with van der Waals surface area (Å²) in [6, 6.07) is 15.1. The molecule has 2 heterocycles. The van der Waals surface area contributed by atoms with Crippen molar-refractivity contribution in [2.75, 3.05) is 0 Å². The molecule has 22 heavy (non-hydrogen) atoms. The number of carbonyl (C=O) groups excluding carboxylic acids is 1. The van der Waals surface area contributed by atoms with Crippen LogP contribution in [0, 0.1) is 0 Å². The molecule has 1 amide bonds. The number of aromatic nitrogens is 2. The van der Waals surface area contributed by atoms with Gasteiger partial charge in [0.25, 0.3) is 5.91 Å². The number of pyridine rings is 2. The van der Waals surface area contributed by atoms with Crippen LogP contribution in [-0.2, 0) is 6.54 Å². The van der Waals surface area contributed by atoms with Crippen molar-refractivity contribution in [3.05, 3.63) is 84.4 Å². The molecule has 4 nitrogen and oxygen atoms in total. The Labute approximate surface area is 128 Å². The van der Waals surface area contributed by atoms with E-state index in [1.54, 1.807) is 24.8 Å². The Hall–Kier alpha value is -3.01. The first kappa shape index (κ1) is 13.9. The highest BCUT2D eigenvalue weighted by Crippen LogP contribution is 2.22. The molecule has 1 N–H and O–H groups in total. The normalized spacial score (nSPS) is 10.2.